The van der Waals surface area contributed by atoms with Gasteiger partial charge in [-0.2, -0.15) is 0 Å². The second-order valence-corrected chi connectivity index (χ2v) is 5.96. The Labute approximate surface area is 116 Å². The molecular weight excluding hydrogens is 236 g/mol. The third-order valence-corrected chi connectivity index (χ3v) is 3.98. The van der Waals surface area contributed by atoms with Crippen LogP contribution < -0.4 is 4.90 Å². The Morgan fingerprint density at radius 1 is 1.21 bits per heavy atom. The van der Waals surface area contributed by atoms with Gasteiger partial charge >= 0.3 is 0 Å². The van der Waals surface area contributed by atoms with Crippen molar-refractivity contribution in [2.24, 2.45) is 5.92 Å². The van der Waals surface area contributed by atoms with Crippen LogP contribution in [0.4, 0.5) is 5.69 Å². The Kier molecular flexibility index (Phi) is 4.83. The first-order valence-electron chi connectivity index (χ1n) is 7.24. The molecule has 19 heavy (non-hydrogen) atoms. The fourth-order valence-corrected chi connectivity index (χ4v) is 2.85. The normalized spacial score (nSPS) is 18.9. The van der Waals surface area contributed by atoms with Crippen LogP contribution in [-0.4, -0.2) is 43.7 Å². The Bertz CT molecular complexity index is 378. The quantitative estimate of drug-likeness (QED) is 0.903. The van der Waals surface area contributed by atoms with E-state index in [1.807, 2.05) is 19.1 Å². The van der Waals surface area contributed by atoms with Crippen molar-refractivity contribution >= 4 is 5.69 Å². The van der Waals surface area contributed by atoms with E-state index in [-0.39, 0.29) is 6.10 Å². The van der Waals surface area contributed by atoms with Crippen LogP contribution in [0.15, 0.2) is 24.3 Å². The summed E-state index contributed by atoms with van der Waals surface area (Å²) in [6, 6.07) is 8.33. The van der Waals surface area contributed by atoms with E-state index in [9.17, 15) is 5.11 Å². The molecule has 0 amide bonds. The van der Waals surface area contributed by atoms with Crippen molar-refractivity contribution < 1.29 is 5.11 Å². The van der Waals surface area contributed by atoms with Gasteiger partial charge in [0.15, 0.2) is 0 Å². The highest BCUT2D eigenvalue weighted by Crippen LogP contribution is 2.25. The molecule has 2 rings (SSSR count). The average Bonchev–Trinajstić information content (AvgIpc) is 2.39. The van der Waals surface area contributed by atoms with E-state index >= 15 is 0 Å². The Hall–Kier alpha value is -1.06. The minimum Gasteiger partial charge on any atom is -0.389 e. The van der Waals surface area contributed by atoms with Crippen molar-refractivity contribution in [2.45, 2.75) is 25.9 Å². The number of rotatable bonds is 4. The van der Waals surface area contributed by atoms with Crippen molar-refractivity contribution in [2.75, 3.05) is 38.6 Å². The Balaban J connectivity index is 1.90. The fraction of sp³-hybridized carbons (Fsp3) is 0.625. The van der Waals surface area contributed by atoms with Crippen LogP contribution in [0.1, 0.15) is 31.4 Å². The van der Waals surface area contributed by atoms with Gasteiger partial charge in [0.25, 0.3) is 0 Å². The highest BCUT2D eigenvalue weighted by atomic mass is 16.3. The molecule has 0 bridgehead atoms. The van der Waals surface area contributed by atoms with Crippen LogP contribution in [0, 0.1) is 5.92 Å². The molecule has 0 unspecified atom stereocenters. The van der Waals surface area contributed by atoms with E-state index in [0.29, 0.717) is 0 Å². The summed E-state index contributed by atoms with van der Waals surface area (Å²) in [5.41, 5.74) is 2.28. The maximum atomic E-state index is 9.53. The lowest BCUT2D eigenvalue weighted by atomic mass is 9.96. The molecule has 1 N–H and O–H groups in total. The molecule has 3 nitrogen and oxygen atoms in total. The van der Waals surface area contributed by atoms with Crippen LogP contribution in [0.5, 0.6) is 0 Å². The third kappa shape index (κ3) is 3.95. The highest BCUT2D eigenvalue weighted by Gasteiger charge is 2.19. The summed E-state index contributed by atoms with van der Waals surface area (Å²) in [6.45, 7) is 5.30. The summed E-state index contributed by atoms with van der Waals surface area (Å²) in [5, 5.41) is 9.53. The smallest absolute Gasteiger partial charge is 0.0761 e. The molecule has 1 fully saturated rings. The van der Waals surface area contributed by atoms with Gasteiger partial charge in [0, 0.05) is 25.3 Å². The topological polar surface area (TPSA) is 26.7 Å². The summed E-state index contributed by atoms with van der Waals surface area (Å²) in [6.07, 6.45) is 2.17. The predicted molar refractivity (Wildman–Crippen MR) is 80.6 cm³/mol. The molecule has 1 aromatic carbocycles. The zero-order valence-corrected chi connectivity index (χ0v) is 12.3. The number of aliphatic hydroxyl groups is 1. The molecule has 1 aromatic rings. The van der Waals surface area contributed by atoms with Gasteiger partial charge in [-0.25, -0.2) is 0 Å². The number of hydrogen-bond acceptors (Lipinski definition) is 3. The van der Waals surface area contributed by atoms with Crippen LogP contribution in [0.2, 0.25) is 0 Å². The van der Waals surface area contributed by atoms with Crippen molar-refractivity contribution in [1.29, 1.82) is 0 Å². The lowest BCUT2D eigenvalue weighted by Gasteiger charge is -2.34. The van der Waals surface area contributed by atoms with Crippen LogP contribution >= 0.6 is 0 Å². The summed E-state index contributed by atoms with van der Waals surface area (Å²) in [7, 11) is 4.31. The van der Waals surface area contributed by atoms with Gasteiger partial charge in [0.1, 0.15) is 0 Å². The molecular formula is C16H26N2O. The summed E-state index contributed by atoms with van der Waals surface area (Å²) >= 11 is 0. The van der Waals surface area contributed by atoms with Gasteiger partial charge in [0.05, 0.1) is 6.10 Å². The first-order valence-corrected chi connectivity index (χ1v) is 7.24. The number of piperidine rings is 1. The molecule has 1 saturated heterocycles. The number of aliphatic hydroxyl groups excluding tert-OH is 1. The van der Waals surface area contributed by atoms with Crippen molar-refractivity contribution in [3.05, 3.63) is 29.8 Å². The van der Waals surface area contributed by atoms with Gasteiger partial charge < -0.3 is 14.9 Å². The number of hydrogen-bond donors (Lipinski definition) is 1. The van der Waals surface area contributed by atoms with Gasteiger partial charge in [-0.05, 0) is 57.5 Å². The Morgan fingerprint density at radius 2 is 1.79 bits per heavy atom. The molecule has 3 heteroatoms. The van der Waals surface area contributed by atoms with Crippen LogP contribution in [-0.2, 0) is 0 Å². The predicted octanol–water partition coefficient (Wildman–Crippen LogP) is 2.52. The maximum absolute atomic E-state index is 9.53. The summed E-state index contributed by atoms with van der Waals surface area (Å²) in [4.78, 5) is 4.75. The van der Waals surface area contributed by atoms with E-state index in [1.54, 1.807) is 0 Å². The standard InChI is InChI=1S/C16H26N2O/c1-13(19)15-4-6-16(7-5-15)18-10-8-14(9-11-18)12-17(2)3/h4-7,13-14,19H,8-12H2,1-3H3/t13-/m0/s1. The zero-order valence-electron chi connectivity index (χ0n) is 12.3. The first-order chi connectivity index (χ1) is 9.06. The fourth-order valence-electron chi connectivity index (χ4n) is 2.85. The molecule has 1 aliphatic rings. The number of nitrogens with zero attached hydrogens (tertiary/aromatic N) is 2. The first kappa shape index (κ1) is 14.4. The van der Waals surface area contributed by atoms with E-state index in [0.717, 1.165) is 24.6 Å². The SMILES string of the molecule is C[C@H](O)c1ccc(N2CCC(CN(C)C)CC2)cc1. The van der Waals surface area contributed by atoms with Gasteiger partial charge in [-0.15, -0.1) is 0 Å². The molecule has 0 saturated carbocycles. The third-order valence-electron chi connectivity index (χ3n) is 3.98. The van der Waals surface area contributed by atoms with E-state index in [2.05, 4.69) is 36.0 Å². The molecule has 1 atom stereocenters. The summed E-state index contributed by atoms with van der Waals surface area (Å²) < 4.78 is 0. The largest absolute Gasteiger partial charge is 0.389 e. The monoisotopic (exact) mass is 262 g/mol. The lowest BCUT2D eigenvalue weighted by Crippen LogP contribution is -2.37. The van der Waals surface area contributed by atoms with Gasteiger partial charge in [0.2, 0.25) is 0 Å². The average molecular weight is 262 g/mol. The van der Waals surface area contributed by atoms with Gasteiger partial charge in [-0.1, -0.05) is 12.1 Å². The van der Waals surface area contributed by atoms with E-state index < -0.39 is 0 Å². The maximum Gasteiger partial charge on any atom is 0.0761 e. The van der Waals surface area contributed by atoms with Crippen LogP contribution in [0.25, 0.3) is 0 Å². The molecule has 106 valence electrons. The van der Waals surface area contributed by atoms with Crippen molar-refractivity contribution in [3.8, 4) is 0 Å². The molecule has 1 aliphatic heterocycles. The molecule has 0 aliphatic carbocycles. The molecule has 0 radical (unpaired) electrons. The molecule has 0 spiro atoms. The molecule has 1 heterocycles. The Morgan fingerprint density at radius 3 is 2.26 bits per heavy atom. The highest BCUT2D eigenvalue weighted by molar-refractivity contribution is 5.48. The lowest BCUT2D eigenvalue weighted by molar-refractivity contribution is 0.199. The van der Waals surface area contributed by atoms with Crippen LogP contribution in [0.3, 0.4) is 0 Å². The van der Waals surface area contributed by atoms with Crippen molar-refractivity contribution in [3.63, 3.8) is 0 Å². The van der Waals surface area contributed by atoms with Crippen molar-refractivity contribution in [1.82, 2.24) is 4.90 Å². The second kappa shape index (κ2) is 6.40. The number of benzene rings is 1. The van der Waals surface area contributed by atoms with Gasteiger partial charge in [-0.3, -0.25) is 0 Å². The van der Waals surface area contributed by atoms with E-state index in [1.165, 1.54) is 25.1 Å². The molecule has 0 aromatic heterocycles. The summed E-state index contributed by atoms with van der Waals surface area (Å²) in [5.74, 6) is 0.836. The zero-order chi connectivity index (χ0) is 13.8. The van der Waals surface area contributed by atoms with E-state index in [4.69, 9.17) is 0 Å². The second-order valence-electron chi connectivity index (χ2n) is 5.96. The number of anilines is 1. The minimum atomic E-state index is -0.375. The minimum absolute atomic E-state index is 0.375.